The third-order valence-corrected chi connectivity index (χ3v) is 8.23. The van der Waals surface area contributed by atoms with Gasteiger partial charge in [0.05, 0.1) is 10.8 Å². The van der Waals surface area contributed by atoms with Gasteiger partial charge >= 0.3 is 5.97 Å². The minimum absolute atomic E-state index is 0.285. The third-order valence-electron chi connectivity index (χ3n) is 6.31. The van der Waals surface area contributed by atoms with E-state index in [0.717, 1.165) is 42.4 Å². The minimum atomic E-state index is -3.53. The summed E-state index contributed by atoms with van der Waals surface area (Å²) in [5.74, 6) is 0.965. The molecule has 2 aliphatic rings. The van der Waals surface area contributed by atoms with E-state index in [1.54, 1.807) is 36.4 Å². The van der Waals surface area contributed by atoms with Crippen LogP contribution < -0.4 is 4.74 Å². The molecular formula is C24H25NO5S. The van der Waals surface area contributed by atoms with Crippen LogP contribution in [-0.2, 0) is 27.7 Å². The molecular weight excluding hydrogens is 414 g/mol. The maximum atomic E-state index is 12.8. The molecule has 0 N–H and O–H groups in total. The van der Waals surface area contributed by atoms with Crippen molar-refractivity contribution >= 4 is 27.0 Å². The molecule has 0 unspecified atom stereocenters. The van der Waals surface area contributed by atoms with Gasteiger partial charge in [0.25, 0.3) is 0 Å². The standard InChI is InChI=1S/C24H25NO5S/c26-24(17-12-14-25(15-13-17)31(27,28)19-6-2-1-3-7-19)29-18-10-11-23-21(16-18)20-8-4-5-9-22(20)30-23/h1-3,6-7,10-11,16-17H,4-5,8-9,12-15H2. The number of hydrogen-bond donors (Lipinski definition) is 0. The largest absolute Gasteiger partial charge is 0.461 e. The number of aryl methyl sites for hydroxylation is 2. The van der Waals surface area contributed by atoms with Gasteiger partial charge in [-0.25, -0.2) is 8.42 Å². The summed E-state index contributed by atoms with van der Waals surface area (Å²) in [7, 11) is -3.53. The molecule has 0 amide bonds. The normalized spacial score (nSPS) is 18.1. The maximum absolute atomic E-state index is 12.8. The summed E-state index contributed by atoms with van der Waals surface area (Å²) in [6.07, 6.45) is 5.16. The Kier molecular flexibility index (Phi) is 5.32. The molecule has 2 aromatic carbocycles. The van der Waals surface area contributed by atoms with Crippen molar-refractivity contribution in [2.75, 3.05) is 13.1 Å². The van der Waals surface area contributed by atoms with Crippen LogP contribution in [0.25, 0.3) is 11.0 Å². The van der Waals surface area contributed by atoms with Crippen molar-refractivity contribution in [3.63, 3.8) is 0 Å². The average molecular weight is 440 g/mol. The molecule has 2 heterocycles. The fourth-order valence-electron chi connectivity index (χ4n) is 4.58. The smallest absolute Gasteiger partial charge is 0.314 e. The Hall–Kier alpha value is -2.64. The Bertz CT molecular complexity index is 1210. The first-order valence-electron chi connectivity index (χ1n) is 10.8. The molecule has 1 aliphatic heterocycles. The van der Waals surface area contributed by atoms with Crippen LogP contribution >= 0.6 is 0 Å². The number of piperidine rings is 1. The maximum Gasteiger partial charge on any atom is 0.314 e. The summed E-state index contributed by atoms with van der Waals surface area (Å²) in [5, 5.41) is 1.03. The van der Waals surface area contributed by atoms with Crippen LogP contribution in [0, 0.1) is 5.92 Å². The molecule has 0 spiro atoms. The zero-order valence-corrected chi connectivity index (χ0v) is 18.1. The Morgan fingerprint density at radius 3 is 2.52 bits per heavy atom. The molecule has 5 rings (SSSR count). The van der Waals surface area contributed by atoms with E-state index in [0.29, 0.717) is 31.7 Å². The van der Waals surface area contributed by atoms with Crippen molar-refractivity contribution in [3.05, 3.63) is 59.9 Å². The number of sulfonamides is 1. The number of carbonyl (C=O) groups is 1. The van der Waals surface area contributed by atoms with E-state index in [2.05, 4.69) is 0 Å². The zero-order chi connectivity index (χ0) is 21.4. The topological polar surface area (TPSA) is 76.8 Å². The SMILES string of the molecule is O=C(Oc1ccc2oc3c(c2c1)CCCC3)C1CCN(S(=O)(=O)c2ccccc2)CC1. The second-order valence-corrected chi connectivity index (χ2v) is 10.2. The lowest BCUT2D eigenvalue weighted by molar-refractivity contribution is -0.140. The first-order valence-corrected chi connectivity index (χ1v) is 12.3. The summed E-state index contributed by atoms with van der Waals surface area (Å²) in [4.78, 5) is 13.0. The molecule has 0 bridgehead atoms. The van der Waals surface area contributed by atoms with Crippen molar-refractivity contribution in [3.8, 4) is 5.75 Å². The van der Waals surface area contributed by atoms with Crippen LogP contribution in [0.5, 0.6) is 5.75 Å². The molecule has 7 heteroatoms. The van der Waals surface area contributed by atoms with Gasteiger partial charge < -0.3 is 9.15 Å². The molecule has 0 saturated carbocycles. The fourth-order valence-corrected chi connectivity index (χ4v) is 6.07. The number of esters is 1. The van der Waals surface area contributed by atoms with Crippen molar-refractivity contribution < 1.29 is 22.4 Å². The number of fused-ring (bicyclic) bond motifs is 3. The van der Waals surface area contributed by atoms with Gasteiger partial charge in [-0.05, 0) is 62.4 Å². The van der Waals surface area contributed by atoms with Gasteiger partial charge in [0, 0.05) is 30.5 Å². The highest BCUT2D eigenvalue weighted by Gasteiger charge is 2.33. The van der Waals surface area contributed by atoms with Crippen LogP contribution in [0.15, 0.2) is 57.8 Å². The summed E-state index contributed by atoms with van der Waals surface area (Å²) in [6, 6.07) is 13.9. The van der Waals surface area contributed by atoms with Gasteiger partial charge in [-0.1, -0.05) is 18.2 Å². The summed E-state index contributed by atoms with van der Waals surface area (Å²) < 4.78 is 38.6. The Morgan fingerprint density at radius 1 is 1.00 bits per heavy atom. The third kappa shape index (κ3) is 3.88. The molecule has 162 valence electrons. The van der Waals surface area contributed by atoms with Gasteiger partial charge in [-0.15, -0.1) is 0 Å². The Labute approximate surface area is 181 Å². The van der Waals surface area contributed by atoms with E-state index in [-0.39, 0.29) is 16.8 Å². The first kappa shape index (κ1) is 20.3. The van der Waals surface area contributed by atoms with E-state index in [9.17, 15) is 13.2 Å². The second-order valence-electron chi connectivity index (χ2n) is 8.28. The Morgan fingerprint density at radius 2 is 1.74 bits per heavy atom. The quantitative estimate of drug-likeness (QED) is 0.447. The van der Waals surface area contributed by atoms with Crippen LogP contribution in [0.2, 0.25) is 0 Å². The molecule has 3 aromatic rings. The molecule has 1 aliphatic carbocycles. The first-order chi connectivity index (χ1) is 15.0. The molecule has 0 atom stereocenters. The van der Waals surface area contributed by atoms with Crippen molar-refractivity contribution in [2.24, 2.45) is 5.92 Å². The van der Waals surface area contributed by atoms with E-state index in [1.807, 2.05) is 12.1 Å². The minimum Gasteiger partial charge on any atom is -0.461 e. The number of benzene rings is 2. The predicted octanol–water partition coefficient (Wildman–Crippen LogP) is 4.32. The molecule has 1 fully saturated rings. The monoisotopic (exact) mass is 439 g/mol. The number of furan rings is 1. The highest BCUT2D eigenvalue weighted by Crippen LogP contribution is 2.34. The van der Waals surface area contributed by atoms with Gasteiger partial charge in [-0.2, -0.15) is 4.31 Å². The molecule has 31 heavy (non-hydrogen) atoms. The molecule has 1 aromatic heterocycles. The number of carbonyl (C=O) groups excluding carboxylic acids is 1. The highest BCUT2D eigenvalue weighted by atomic mass is 32.2. The summed E-state index contributed by atoms with van der Waals surface area (Å²) in [5.41, 5.74) is 2.07. The van der Waals surface area contributed by atoms with Crippen molar-refractivity contribution in [1.82, 2.24) is 4.31 Å². The van der Waals surface area contributed by atoms with Gasteiger partial charge in [0.15, 0.2) is 0 Å². The lowest BCUT2D eigenvalue weighted by Gasteiger charge is -2.30. The number of rotatable bonds is 4. The Balaban J connectivity index is 1.25. The van der Waals surface area contributed by atoms with Crippen molar-refractivity contribution in [2.45, 2.75) is 43.4 Å². The molecule has 0 radical (unpaired) electrons. The number of nitrogens with zero attached hydrogens (tertiary/aromatic N) is 1. The van der Waals surface area contributed by atoms with Crippen LogP contribution in [0.3, 0.4) is 0 Å². The average Bonchev–Trinajstić information content (AvgIpc) is 3.18. The van der Waals surface area contributed by atoms with Crippen LogP contribution in [0.1, 0.15) is 37.0 Å². The molecule has 6 nitrogen and oxygen atoms in total. The second kappa shape index (κ2) is 8.13. The van der Waals surface area contributed by atoms with E-state index in [4.69, 9.17) is 9.15 Å². The van der Waals surface area contributed by atoms with Gasteiger partial charge in [0.1, 0.15) is 17.1 Å². The summed E-state index contributed by atoms with van der Waals surface area (Å²) in [6.45, 7) is 0.622. The lowest BCUT2D eigenvalue weighted by Crippen LogP contribution is -2.41. The van der Waals surface area contributed by atoms with Gasteiger partial charge in [0.2, 0.25) is 10.0 Å². The van der Waals surface area contributed by atoms with E-state index < -0.39 is 10.0 Å². The van der Waals surface area contributed by atoms with Crippen molar-refractivity contribution in [1.29, 1.82) is 0 Å². The fraction of sp³-hybridized carbons (Fsp3) is 0.375. The van der Waals surface area contributed by atoms with Crippen LogP contribution in [0.4, 0.5) is 0 Å². The van der Waals surface area contributed by atoms with Gasteiger partial charge in [-0.3, -0.25) is 4.79 Å². The predicted molar refractivity (Wildman–Crippen MR) is 116 cm³/mol. The highest BCUT2D eigenvalue weighted by molar-refractivity contribution is 7.89. The zero-order valence-electron chi connectivity index (χ0n) is 17.2. The molecule has 1 saturated heterocycles. The number of ether oxygens (including phenoxy) is 1. The van der Waals surface area contributed by atoms with Crippen LogP contribution in [-0.4, -0.2) is 31.8 Å². The van der Waals surface area contributed by atoms with E-state index in [1.165, 1.54) is 9.87 Å². The summed E-state index contributed by atoms with van der Waals surface area (Å²) >= 11 is 0. The lowest BCUT2D eigenvalue weighted by atomic mass is 9.96. The van der Waals surface area contributed by atoms with E-state index >= 15 is 0 Å². The number of hydrogen-bond acceptors (Lipinski definition) is 5.